The van der Waals surface area contributed by atoms with E-state index in [0.29, 0.717) is 11.2 Å². The van der Waals surface area contributed by atoms with E-state index >= 15 is 4.39 Å². The summed E-state index contributed by atoms with van der Waals surface area (Å²) >= 11 is 10.3. The van der Waals surface area contributed by atoms with Gasteiger partial charge in [0.05, 0.1) is 31.6 Å². The molecule has 3 aliphatic rings. The monoisotopic (exact) mass is 690 g/mol. The van der Waals surface area contributed by atoms with Gasteiger partial charge in [-0.25, -0.2) is 29.3 Å². The molecule has 7 heterocycles. The molecule has 3 aliphatic heterocycles. The Morgan fingerprint density at radius 2 is 1.61 bits per heavy atom. The normalized spacial score (nSPS) is 38.3. The highest BCUT2D eigenvalue weighted by atomic mass is 32.7. The van der Waals surface area contributed by atoms with Gasteiger partial charge in [0.25, 0.3) is 0 Å². The van der Waals surface area contributed by atoms with Gasteiger partial charge in [0.1, 0.15) is 47.9 Å². The Bertz CT molecular complexity index is 1710. The first-order chi connectivity index (χ1) is 20.9. The van der Waals surface area contributed by atoms with E-state index in [9.17, 15) is 14.6 Å². The Kier molecular flexibility index (Phi) is 7.67. The molecule has 0 spiro atoms. The third-order valence-corrected chi connectivity index (χ3v) is 10.4. The Morgan fingerprint density at radius 1 is 0.955 bits per heavy atom. The third-order valence-electron chi connectivity index (χ3n) is 7.31. The zero-order chi connectivity index (χ0) is 31.0. The minimum absolute atomic E-state index is 0.0959. The summed E-state index contributed by atoms with van der Waals surface area (Å²) < 4.78 is 65.9. The van der Waals surface area contributed by atoms with Crippen molar-refractivity contribution in [3.8, 4) is 0 Å². The first-order valence-electron chi connectivity index (χ1n) is 12.9. The lowest BCUT2D eigenvalue weighted by molar-refractivity contribution is -0.0570. The molecule has 2 unspecified atom stereocenters. The molecule has 0 bridgehead atoms. The predicted octanol–water partition coefficient (Wildman–Crippen LogP) is 0.618. The number of pyridine rings is 1. The van der Waals surface area contributed by atoms with E-state index in [0.717, 1.165) is 0 Å². The van der Waals surface area contributed by atoms with Crippen LogP contribution in [0, 0.1) is 0 Å². The number of nitrogen functional groups attached to an aromatic ring is 2. The van der Waals surface area contributed by atoms with E-state index in [1.54, 1.807) is 0 Å². The Labute approximate surface area is 256 Å². The van der Waals surface area contributed by atoms with E-state index in [1.165, 1.54) is 40.4 Å². The molecule has 4 aromatic heterocycles. The fourth-order valence-electron chi connectivity index (χ4n) is 5.28. The molecule has 236 valence electrons. The van der Waals surface area contributed by atoms with Crippen LogP contribution < -0.4 is 11.5 Å². The summed E-state index contributed by atoms with van der Waals surface area (Å²) in [7, 11) is 0. The van der Waals surface area contributed by atoms with Gasteiger partial charge in [-0.2, -0.15) is 0 Å². The molecule has 10 atom stereocenters. The number of ether oxygens (including phenoxy) is 2. The molecule has 0 saturated carbocycles. The third kappa shape index (κ3) is 5.29. The number of nitrogens with two attached hydrogens (primary N) is 2. The zero-order valence-corrected chi connectivity index (χ0v) is 25.5. The zero-order valence-electron chi connectivity index (χ0n) is 22.0. The van der Waals surface area contributed by atoms with Gasteiger partial charge in [0.2, 0.25) is 0 Å². The number of aliphatic hydroxyl groups is 1. The molecule has 6 N–H and O–H groups in total. The first-order valence-corrected chi connectivity index (χ1v) is 18.0. The maximum absolute atomic E-state index is 16.0. The second-order valence-corrected chi connectivity index (χ2v) is 15.5. The quantitative estimate of drug-likeness (QED) is 0.166. The van der Waals surface area contributed by atoms with Gasteiger partial charge >= 0.3 is 6.72 Å². The van der Waals surface area contributed by atoms with Gasteiger partial charge < -0.3 is 56.8 Å². The number of hydrogen-bond acceptors (Lipinski definition) is 17. The fourth-order valence-corrected chi connectivity index (χ4v) is 8.15. The number of rotatable bonds is 2. The lowest BCUT2D eigenvalue weighted by Gasteiger charge is -2.33. The van der Waals surface area contributed by atoms with Gasteiger partial charge in [0.15, 0.2) is 42.5 Å². The van der Waals surface area contributed by atoms with Crippen molar-refractivity contribution in [2.45, 2.75) is 49.1 Å². The van der Waals surface area contributed by atoms with E-state index in [-0.39, 0.29) is 22.6 Å². The second-order valence-electron chi connectivity index (χ2n) is 10.0. The fraction of sp³-hybridized carbons (Fsp3) is 0.476. The van der Waals surface area contributed by atoms with Crippen LogP contribution in [-0.4, -0.2) is 94.0 Å². The summed E-state index contributed by atoms with van der Waals surface area (Å²) in [6.45, 7) is -9.76. The number of halogens is 1. The maximum atomic E-state index is 16.0. The van der Waals surface area contributed by atoms with E-state index in [4.69, 9.17) is 63.1 Å². The van der Waals surface area contributed by atoms with E-state index in [2.05, 4.69) is 24.9 Å². The van der Waals surface area contributed by atoms with Crippen molar-refractivity contribution in [2.24, 2.45) is 0 Å². The summed E-state index contributed by atoms with van der Waals surface area (Å²) in [4.78, 5) is 31.5. The average molecular weight is 691 g/mol. The number of alkyl halides is 1. The van der Waals surface area contributed by atoms with Crippen LogP contribution in [0.15, 0.2) is 31.2 Å². The topological polar surface area (TPSA) is 239 Å². The first kappa shape index (κ1) is 30.3. The molecule has 7 rings (SSSR count). The van der Waals surface area contributed by atoms with Crippen molar-refractivity contribution in [1.29, 1.82) is 0 Å². The molecule has 3 saturated heterocycles. The molecule has 0 amide bonds. The highest BCUT2D eigenvalue weighted by molar-refractivity contribution is 8.32. The maximum Gasteiger partial charge on any atom is 0.325 e. The number of hydrogen-bond donors (Lipinski definition) is 4. The lowest BCUT2D eigenvalue weighted by Crippen LogP contribution is -2.38. The summed E-state index contributed by atoms with van der Waals surface area (Å²) in [6, 6.07) is 1.53. The molecule has 44 heavy (non-hydrogen) atoms. The van der Waals surface area contributed by atoms with Crippen LogP contribution in [0.25, 0.3) is 22.3 Å². The highest BCUT2D eigenvalue weighted by Crippen LogP contribution is 2.55. The van der Waals surface area contributed by atoms with Gasteiger partial charge in [-0.1, -0.05) is 0 Å². The summed E-state index contributed by atoms with van der Waals surface area (Å²) in [5, 5.41) is 11.2. The second kappa shape index (κ2) is 11.1. The van der Waals surface area contributed by atoms with Crippen LogP contribution in [0.4, 0.5) is 15.9 Å². The average Bonchev–Trinajstić information content (AvgIpc) is 3.73. The molecule has 0 radical (unpaired) electrons. The molecule has 0 aliphatic carbocycles. The largest absolute Gasteiger partial charge is 0.660 e. The summed E-state index contributed by atoms with van der Waals surface area (Å²) in [5.41, 5.74) is 13.1. The van der Waals surface area contributed by atoms with Gasteiger partial charge in [-0.3, -0.25) is 18.2 Å². The SMILES string of the molecule is Nc1ncnc2c1ncn2[C@@H]1O[C@@H]2COP(=O)([S-])O[C@H]3[C@@H](F)[C@H](n4cnc5c(N)ccnc54)O[C@@H]3COP(O)(=S)O[C@H]2[C@H]1O. The Hall–Kier alpha value is -2.39. The molecular formula is C21H23FN9O9P2S2-. The number of aromatic nitrogens is 7. The molecule has 23 heteroatoms. The molecule has 0 aromatic carbocycles. The Morgan fingerprint density at radius 3 is 2.41 bits per heavy atom. The summed E-state index contributed by atoms with van der Waals surface area (Å²) in [6.07, 6.45) is -6.37. The van der Waals surface area contributed by atoms with Gasteiger partial charge in [-0.05, 0) is 17.9 Å². The number of imidazole rings is 2. The number of anilines is 2. The molecule has 18 nitrogen and oxygen atoms in total. The summed E-state index contributed by atoms with van der Waals surface area (Å²) in [5.74, 6) is 0.0959. The molecular weight excluding hydrogens is 667 g/mol. The minimum Gasteiger partial charge on any atom is -0.660 e. The van der Waals surface area contributed by atoms with Gasteiger partial charge in [0, 0.05) is 6.20 Å². The molecule has 3 fully saturated rings. The van der Waals surface area contributed by atoms with E-state index in [1.807, 2.05) is 0 Å². The van der Waals surface area contributed by atoms with Crippen LogP contribution >= 0.6 is 13.5 Å². The van der Waals surface area contributed by atoms with Gasteiger partial charge in [-0.15, -0.1) is 0 Å². The van der Waals surface area contributed by atoms with Crippen molar-refractivity contribution in [3.05, 3.63) is 31.2 Å². The number of nitrogens with zero attached hydrogens (tertiary/aromatic N) is 7. The van der Waals surface area contributed by atoms with Crippen molar-refractivity contribution in [3.63, 3.8) is 0 Å². The predicted molar refractivity (Wildman–Crippen MR) is 154 cm³/mol. The van der Waals surface area contributed by atoms with Crippen LogP contribution in [0.3, 0.4) is 0 Å². The van der Waals surface area contributed by atoms with Crippen molar-refractivity contribution < 1.29 is 46.5 Å². The lowest BCUT2D eigenvalue weighted by atomic mass is 10.1. The molecule has 4 aromatic rings. The van der Waals surface area contributed by atoms with Crippen molar-refractivity contribution in [1.82, 2.24) is 34.1 Å². The minimum atomic E-state index is -4.44. The van der Waals surface area contributed by atoms with E-state index < -0.39 is 75.9 Å². The number of fused-ring (bicyclic) bond motifs is 4. The van der Waals surface area contributed by atoms with Crippen LogP contribution in [0.1, 0.15) is 12.5 Å². The van der Waals surface area contributed by atoms with Crippen LogP contribution in [0.2, 0.25) is 0 Å². The van der Waals surface area contributed by atoms with Crippen molar-refractivity contribution >= 4 is 71.4 Å². The highest BCUT2D eigenvalue weighted by Gasteiger charge is 2.52. The Balaban J connectivity index is 1.17. The standard InChI is InChI=1S/C21H24FN9O9P2S2/c22-11-15-9(37-20(11)30-6-28-12-8(23)1-2-25-18(12)30)3-35-42(34,44)40-16-10(4-36-41(33,43)39-15)38-21(14(16)32)31-7-29-13-17(24)26-5-27-19(13)31/h1-2,5-7,9-11,14-16,20-21,32H,3-4H2,(H2,23,25)(H,33,43)(H,34,44)(H2,24,26,27)/p-1/t9-,10-,11-,14-,15-,16-,20-,21-,41?,42?/m1/s1. The van der Waals surface area contributed by atoms with Crippen LogP contribution in [-0.2, 0) is 56.2 Å². The smallest absolute Gasteiger partial charge is 0.325 e. The van der Waals surface area contributed by atoms with Crippen molar-refractivity contribution in [2.75, 3.05) is 24.7 Å². The van der Waals surface area contributed by atoms with Crippen LogP contribution in [0.5, 0.6) is 0 Å². The number of aliphatic hydroxyl groups excluding tert-OH is 1.